The molecule has 0 saturated carbocycles. The Morgan fingerprint density at radius 3 is 2.61 bits per heavy atom. The molecule has 2 fully saturated rings. The number of thiazole rings is 1. The number of nitrogens with zero attached hydrogens (tertiary/aromatic N) is 2. The molecule has 4 rings (SSSR count). The van der Waals surface area contributed by atoms with E-state index in [9.17, 15) is 13.2 Å². The molecule has 2 saturated heterocycles. The van der Waals surface area contributed by atoms with Crippen LogP contribution in [0.15, 0.2) is 34.5 Å². The third-order valence-electron chi connectivity index (χ3n) is 6.05. The third-order valence-corrected chi connectivity index (χ3v) is 8.30. The van der Waals surface area contributed by atoms with Gasteiger partial charge >= 0.3 is 0 Å². The van der Waals surface area contributed by atoms with Crippen LogP contribution in [0.3, 0.4) is 0 Å². The second-order valence-electron chi connectivity index (χ2n) is 9.25. The van der Waals surface area contributed by atoms with Crippen molar-refractivity contribution in [2.75, 3.05) is 31.6 Å². The summed E-state index contributed by atoms with van der Waals surface area (Å²) < 4.78 is 33.0. The number of anilines is 1. The van der Waals surface area contributed by atoms with Gasteiger partial charge in [0.1, 0.15) is 0 Å². The summed E-state index contributed by atoms with van der Waals surface area (Å²) in [7, 11) is -3.64. The summed E-state index contributed by atoms with van der Waals surface area (Å²) in [5.41, 5.74) is 1.33. The number of benzene rings is 1. The molecule has 2 aliphatic heterocycles. The van der Waals surface area contributed by atoms with Crippen LogP contribution in [-0.4, -0.2) is 56.6 Å². The summed E-state index contributed by atoms with van der Waals surface area (Å²) in [4.78, 5) is 19.7. The van der Waals surface area contributed by atoms with Gasteiger partial charge in [0.05, 0.1) is 16.7 Å². The minimum Gasteiger partial charge on any atom is -0.377 e. The van der Waals surface area contributed by atoms with Crippen LogP contribution in [0.4, 0.5) is 5.13 Å². The summed E-state index contributed by atoms with van der Waals surface area (Å²) in [5, 5.41) is 5.35. The quantitative estimate of drug-likeness (QED) is 0.586. The number of hydrogen-bond acceptors (Lipinski definition) is 7. The van der Waals surface area contributed by atoms with Gasteiger partial charge in [-0.2, -0.15) is 0 Å². The highest BCUT2D eigenvalue weighted by atomic mass is 32.2. The van der Waals surface area contributed by atoms with Crippen LogP contribution in [-0.2, 0) is 21.3 Å². The summed E-state index contributed by atoms with van der Waals surface area (Å²) in [6.45, 7) is 8.42. The number of carbonyl (C=O) groups excluding carboxylic acids is 1. The largest absolute Gasteiger partial charge is 0.377 e. The van der Waals surface area contributed by atoms with Gasteiger partial charge in [-0.25, -0.2) is 18.1 Å². The van der Waals surface area contributed by atoms with E-state index in [0.717, 1.165) is 38.2 Å². The average molecular weight is 493 g/mol. The average Bonchev–Trinajstić information content (AvgIpc) is 3.44. The summed E-state index contributed by atoms with van der Waals surface area (Å²) in [6, 6.07) is 5.92. The molecule has 2 aliphatic rings. The van der Waals surface area contributed by atoms with E-state index in [1.165, 1.54) is 42.0 Å². The van der Waals surface area contributed by atoms with Crippen molar-refractivity contribution in [3.63, 3.8) is 0 Å². The van der Waals surface area contributed by atoms with Gasteiger partial charge in [0.2, 0.25) is 10.0 Å². The number of ether oxygens (including phenoxy) is 1. The van der Waals surface area contributed by atoms with Crippen LogP contribution in [0.2, 0.25) is 0 Å². The van der Waals surface area contributed by atoms with Crippen LogP contribution in [0.5, 0.6) is 0 Å². The highest BCUT2D eigenvalue weighted by molar-refractivity contribution is 7.89. The van der Waals surface area contributed by atoms with Crippen molar-refractivity contribution < 1.29 is 17.9 Å². The second-order valence-corrected chi connectivity index (χ2v) is 11.9. The van der Waals surface area contributed by atoms with E-state index in [0.29, 0.717) is 29.1 Å². The maximum absolute atomic E-state index is 12.6. The third kappa shape index (κ3) is 6.60. The van der Waals surface area contributed by atoms with E-state index in [1.807, 2.05) is 5.38 Å². The molecule has 0 bridgehead atoms. The van der Waals surface area contributed by atoms with Crippen molar-refractivity contribution in [2.24, 2.45) is 11.8 Å². The zero-order valence-corrected chi connectivity index (χ0v) is 20.8. The lowest BCUT2D eigenvalue weighted by Gasteiger charge is -2.34. The SMILES string of the molecule is C[C@@H]1C[C@H](C)CN(Cc2csc(NC(=O)c3ccc(S(=O)(=O)NC[C@@H]4CCCO4)cc3)n2)C1. The Kier molecular flexibility index (Phi) is 7.80. The first-order valence-corrected chi connectivity index (χ1v) is 13.8. The Bertz CT molecular complexity index is 1040. The number of likely N-dealkylation sites (tertiary alicyclic amines) is 1. The summed E-state index contributed by atoms with van der Waals surface area (Å²) in [6.07, 6.45) is 3.00. The molecule has 1 amide bonds. The Balaban J connectivity index is 1.31. The van der Waals surface area contributed by atoms with Gasteiger partial charge in [-0.1, -0.05) is 13.8 Å². The van der Waals surface area contributed by atoms with Gasteiger partial charge in [-0.3, -0.25) is 15.0 Å². The van der Waals surface area contributed by atoms with E-state index in [2.05, 4.69) is 33.8 Å². The summed E-state index contributed by atoms with van der Waals surface area (Å²) in [5.74, 6) is 1.06. The van der Waals surface area contributed by atoms with E-state index < -0.39 is 10.0 Å². The predicted molar refractivity (Wildman–Crippen MR) is 129 cm³/mol. The maximum atomic E-state index is 12.6. The first-order valence-electron chi connectivity index (χ1n) is 11.5. The summed E-state index contributed by atoms with van der Waals surface area (Å²) >= 11 is 1.40. The van der Waals surface area contributed by atoms with Gasteiger partial charge in [-0.15, -0.1) is 11.3 Å². The highest BCUT2D eigenvalue weighted by Crippen LogP contribution is 2.24. The van der Waals surface area contributed by atoms with Gasteiger partial charge in [-0.05, 0) is 55.4 Å². The minimum absolute atomic E-state index is 0.0743. The van der Waals surface area contributed by atoms with E-state index in [-0.39, 0.29) is 23.5 Å². The molecule has 2 N–H and O–H groups in total. The Morgan fingerprint density at radius 2 is 1.94 bits per heavy atom. The van der Waals surface area contributed by atoms with E-state index in [4.69, 9.17) is 4.74 Å². The molecule has 0 spiro atoms. The first-order chi connectivity index (χ1) is 15.8. The number of piperidine rings is 1. The zero-order valence-electron chi connectivity index (χ0n) is 19.1. The van der Waals surface area contributed by atoms with Crippen molar-refractivity contribution in [3.8, 4) is 0 Å². The number of aromatic nitrogens is 1. The lowest BCUT2D eigenvalue weighted by Crippen LogP contribution is -2.38. The van der Waals surface area contributed by atoms with Gasteiger partial charge in [0.25, 0.3) is 5.91 Å². The Hall–Kier alpha value is -1.85. The molecular weight excluding hydrogens is 460 g/mol. The standard InChI is InChI=1S/C23H32N4O4S2/c1-16-10-17(2)13-27(12-16)14-19-15-32-23(25-19)26-22(28)18-5-7-21(8-6-18)33(29,30)24-11-20-4-3-9-31-20/h5-8,15-17,20,24H,3-4,9-14H2,1-2H3,(H,25,26,28)/t16-,17+,20-/m0/s1. The van der Waals surface area contributed by atoms with Gasteiger partial charge in [0.15, 0.2) is 5.13 Å². The lowest BCUT2D eigenvalue weighted by atomic mass is 9.92. The van der Waals surface area contributed by atoms with Gasteiger partial charge in [0, 0.05) is 43.7 Å². The fourth-order valence-corrected chi connectivity index (χ4v) is 6.40. The molecule has 1 aromatic heterocycles. The molecule has 0 radical (unpaired) electrons. The minimum atomic E-state index is -3.64. The monoisotopic (exact) mass is 492 g/mol. The van der Waals surface area contributed by atoms with Crippen molar-refractivity contribution in [1.82, 2.24) is 14.6 Å². The smallest absolute Gasteiger partial charge is 0.257 e. The number of rotatable bonds is 8. The second kappa shape index (κ2) is 10.6. The molecule has 3 heterocycles. The molecule has 3 atom stereocenters. The molecule has 2 aromatic rings. The van der Waals surface area contributed by atoms with Crippen LogP contribution < -0.4 is 10.0 Å². The number of sulfonamides is 1. The Morgan fingerprint density at radius 1 is 1.21 bits per heavy atom. The van der Waals surface area contributed by atoms with Gasteiger partial charge < -0.3 is 4.74 Å². The predicted octanol–water partition coefficient (Wildman–Crippen LogP) is 3.33. The highest BCUT2D eigenvalue weighted by Gasteiger charge is 2.23. The van der Waals surface area contributed by atoms with Crippen LogP contribution in [0.1, 0.15) is 49.2 Å². The molecule has 8 nitrogen and oxygen atoms in total. The molecule has 1 aromatic carbocycles. The molecule has 33 heavy (non-hydrogen) atoms. The molecule has 10 heteroatoms. The molecular formula is C23H32N4O4S2. The Labute approximate surface area is 199 Å². The normalized spacial score (nSPS) is 24.1. The van der Waals surface area contributed by atoms with Crippen LogP contribution in [0, 0.1) is 11.8 Å². The van der Waals surface area contributed by atoms with Crippen molar-refractivity contribution in [3.05, 3.63) is 40.9 Å². The molecule has 0 aliphatic carbocycles. The number of amides is 1. The molecule has 180 valence electrons. The van der Waals surface area contributed by atoms with Crippen LogP contribution in [0.25, 0.3) is 0 Å². The van der Waals surface area contributed by atoms with E-state index in [1.54, 1.807) is 0 Å². The lowest BCUT2D eigenvalue weighted by molar-refractivity contribution is 0.102. The number of hydrogen-bond donors (Lipinski definition) is 2. The fraction of sp³-hybridized carbons (Fsp3) is 0.565. The molecule has 0 unspecified atom stereocenters. The van der Waals surface area contributed by atoms with Crippen molar-refractivity contribution in [2.45, 2.75) is 50.7 Å². The fourth-order valence-electron chi connectivity index (χ4n) is 4.63. The van der Waals surface area contributed by atoms with Crippen molar-refractivity contribution in [1.29, 1.82) is 0 Å². The zero-order chi connectivity index (χ0) is 23.4. The number of carbonyl (C=O) groups is 1. The number of nitrogens with one attached hydrogen (secondary N) is 2. The van der Waals surface area contributed by atoms with Crippen LogP contribution >= 0.6 is 11.3 Å². The van der Waals surface area contributed by atoms with E-state index >= 15 is 0 Å². The van der Waals surface area contributed by atoms with Crippen molar-refractivity contribution >= 4 is 32.4 Å². The maximum Gasteiger partial charge on any atom is 0.257 e. The first kappa shape index (κ1) is 24.3. The topological polar surface area (TPSA) is 101 Å².